The SMILES string of the molecule is Cc1c(C(=O)NC2CCCC(C(=O)NC(C)C)C2)nnn1-c1cccc(Br)c1. The number of benzene rings is 1. The van der Waals surface area contributed by atoms with Gasteiger partial charge in [-0.25, -0.2) is 4.68 Å². The van der Waals surface area contributed by atoms with Gasteiger partial charge in [0.15, 0.2) is 5.69 Å². The van der Waals surface area contributed by atoms with Gasteiger partial charge < -0.3 is 10.6 Å². The number of hydrogen-bond acceptors (Lipinski definition) is 4. The van der Waals surface area contributed by atoms with E-state index in [4.69, 9.17) is 0 Å². The van der Waals surface area contributed by atoms with Crippen LogP contribution in [0.3, 0.4) is 0 Å². The molecule has 0 spiro atoms. The smallest absolute Gasteiger partial charge is 0.273 e. The summed E-state index contributed by atoms with van der Waals surface area (Å²) in [6.07, 6.45) is 3.31. The van der Waals surface area contributed by atoms with Crippen molar-refractivity contribution in [1.29, 1.82) is 0 Å². The number of amides is 2. The summed E-state index contributed by atoms with van der Waals surface area (Å²) in [7, 11) is 0. The lowest BCUT2D eigenvalue weighted by molar-refractivity contribution is -0.126. The standard InChI is InChI=1S/C20H26BrN5O2/c1-12(2)22-19(27)14-6-4-8-16(10-14)23-20(28)18-13(3)26(25-24-18)17-9-5-7-15(21)11-17/h5,7,9,11-12,14,16H,4,6,8,10H2,1-3H3,(H,22,27)(H,23,28). The molecule has 1 heterocycles. The van der Waals surface area contributed by atoms with Gasteiger partial charge in [-0.3, -0.25) is 9.59 Å². The van der Waals surface area contributed by atoms with Crippen LogP contribution >= 0.6 is 15.9 Å². The minimum atomic E-state index is -0.242. The van der Waals surface area contributed by atoms with Gasteiger partial charge in [-0.15, -0.1) is 5.10 Å². The van der Waals surface area contributed by atoms with Crippen LogP contribution < -0.4 is 10.6 Å². The summed E-state index contributed by atoms with van der Waals surface area (Å²) in [6.45, 7) is 5.74. The third kappa shape index (κ3) is 4.79. The molecule has 1 saturated carbocycles. The first-order chi connectivity index (χ1) is 13.3. The van der Waals surface area contributed by atoms with Crippen LogP contribution in [-0.4, -0.2) is 38.9 Å². The molecule has 2 aromatic rings. The third-order valence-electron chi connectivity index (χ3n) is 4.97. The molecule has 8 heteroatoms. The van der Waals surface area contributed by atoms with Crippen LogP contribution in [0.1, 0.15) is 55.7 Å². The van der Waals surface area contributed by atoms with E-state index in [-0.39, 0.29) is 29.8 Å². The van der Waals surface area contributed by atoms with E-state index in [0.29, 0.717) is 17.8 Å². The number of aromatic nitrogens is 3. The summed E-state index contributed by atoms with van der Waals surface area (Å²) in [6, 6.07) is 7.76. The molecule has 1 aliphatic carbocycles. The van der Waals surface area contributed by atoms with Crippen LogP contribution in [0, 0.1) is 12.8 Å². The zero-order valence-electron chi connectivity index (χ0n) is 16.4. The van der Waals surface area contributed by atoms with Crippen molar-refractivity contribution in [2.24, 2.45) is 5.92 Å². The van der Waals surface area contributed by atoms with Crippen molar-refractivity contribution < 1.29 is 9.59 Å². The van der Waals surface area contributed by atoms with Gasteiger partial charge in [0.1, 0.15) is 0 Å². The second-order valence-corrected chi connectivity index (χ2v) is 8.53. The zero-order chi connectivity index (χ0) is 20.3. The first-order valence-corrected chi connectivity index (χ1v) is 10.4. The minimum absolute atomic E-state index is 0.0282. The summed E-state index contributed by atoms with van der Waals surface area (Å²) in [5.74, 6) is -0.223. The molecule has 1 fully saturated rings. The van der Waals surface area contributed by atoms with Crippen molar-refractivity contribution in [1.82, 2.24) is 25.6 Å². The topological polar surface area (TPSA) is 88.9 Å². The Morgan fingerprint density at radius 1 is 1.29 bits per heavy atom. The lowest BCUT2D eigenvalue weighted by Gasteiger charge is -2.29. The van der Waals surface area contributed by atoms with Crippen LogP contribution in [0.15, 0.2) is 28.7 Å². The van der Waals surface area contributed by atoms with Gasteiger partial charge >= 0.3 is 0 Å². The molecule has 0 aliphatic heterocycles. The van der Waals surface area contributed by atoms with E-state index in [0.717, 1.165) is 29.4 Å². The van der Waals surface area contributed by atoms with E-state index in [1.807, 2.05) is 45.0 Å². The minimum Gasteiger partial charge on any atom is -0.354 e. The van der Waals surface area contributed by atoms with Gasteiger partial charge in [0.05, 0.1) is 11.4 Å². The molecule has 2 amide bonds. The Labute approximate surface area is 173 Å². The quantitative estimate of drug-likeness (QED) is 0.736. The molecule has 7 nitrogen and oxygen atoms in total. The molecule has 150 valence electrons. The predicted octanol–water partition coefficient (Wildman–Crippen LogP) is 3.15. The molecule has 1 aromatic carbocycles. The summed E-state index contributed by atoms with van der Waals surface area (Å²) in [5, 5.41) is 14.2. The highest BCUT2D eigenvalue weighted by molar-refractivity contribution is 9.10. The van der Waals surface area contributed by atoms with Crippen molar-refractivity contribution in [3.8, 4) is 5.69 Å². The van der Waals surface area contributed by atoms with Crippen molar-refractivity contribution in [3.05, 3.63) is 40.1 Å². The van der Waals surface area contributed by atoms with Gasteiger partial charge in [0.25, 0.3) is 5.91 Å². The molecular formula is C20H26BrN5O2. The number of hydrogen-bond donors (Lipinski definition) is 2. The second-order valence-electron chi connectivity index (χ2n) is 7.61. The number of nitrogens with zero attached hydrogens (tertiary/aromatic N) is 3. The number of carbonyl (C=O) groups excluding carboxylic acids is 2. The molecule has 1 aliphatic rings. The maximum atomic E-state index is 12.8. The average molecular weight is 448 g/mol. The van der Waals surface area contributed by atoms with Crippen LogP contribution in [0.25, 0.3) is 5.69 Å². The molecule has 0 bridgehead atoms. The van der Waals surface area contributed by atoms with Crippen LogP contribution in [0.5, 0.6) is 0 Å². The van der Waals surface area contributed by atoms with Gasteiger partial charge in [0, 0.05) is 22.5 Å². The highest BCUT2D eigenvalue weighted by atomic mass is 79.9. The fraction of sp³-hybridized carbons (Fsp3) is 0.500. The Morgan fingerprint density at radius 3 is 2.79 bits per heavy atom. The number of carbonyl (C=O) groups is 2. The molecule has 0 saturated heterocycles. The van der Waals surface area contributed by atoms with Crippen LogP contribution in [0.4, 0.5) is 0 Å². The molecule has 3 rings (SSSR count). The number of halogens is 1. The molecule has 2 atom stereocenters. The van der Waals surface area contributed by atoms with Crippen LogP contribution in [0.2, 0.25) is 0 Å². The Morgan fingerprint density at radius 2 is 2.07 bits per heavy atom. The summed E-state index contributed by atoms with van der Waals surface area (Å²) < 4.78 is 2.58. The Bertz CT molecular complexity index is 864. The lowest BCUT2D eigenvalue weighted by Crippen LogP contribution is -2.44. The van der Waals surface area contributed by atoms with E-state index in [2.05, 4.69) is 36.9 Å². The monoisotopic (exact) mass is 447 g/mol. The first-order valence-electron chi connectivity index (χ1n) is 9.64. The summed E-state index contributed by atoms with van der Waals surface area (Å²) >= 11 is 3.44. The highest BCUT2D eigenvalue weighted by Gasteiger charge is 2.29. The maximum Gasteiger partial charge on any atom is 0.273 e. The third-order valence-corrected chi connectivity index (χ3v) is 5.47. The number of nitrogens with one attached hydrogen (secondary N) is 2. The molecule has 2 unspecified atom stereocenters. The summed E-state index contributed by atoms with van der Waals surface area (Å²) in [5.41, 5.74) is 1.83. The van der Waals surface area contributed by atoms with E-state index in [9.17, 15) is 9.59 Å². The summed E-state index contributed by atoms with van der Waals surface area (Å²) in [4.78, 5) is 25.1. The fourth-order valence-corrected chi connectivity index (χ4v) is 3.99. The van der Waals surface area contributed by atoms with Gasteiger partial charge in [0.2, 0.25) is 5.91 Å². The van der Waals surface area contributed by atoms with E-state index >= 15 is 0 Å². The number of rotatable bonds is 5. The molecular weight excluding hydrogens is 422 g/mol. The van der Waals surface area contributed by atoms with E-state index in [1.165, 1.54) is 0 Å². The van der Waals surface area contributed by atoms with Gasteiger partial charge in [-0.1, -0.05) is 33.6 Å². The first kappa shape index (κ1) is 20.5. The largest absolute Gasteiger partial charge is 0.354 e. The van der Waals surface area contributed by atoms with Crippen LogP contribution in [-0.2, 0) is 4.79 Å². The highest BCUT2D eigenvalue weighted by Crippen LogP contribution is 2.25. The van der Waals surface area contributed by atoms with Crippen molar-refractivity contribution in [2.45, 2.75) is 58.5 Å². The fourth-order valence-electron chi connectivity index (χ4n) is 3.61. The van der Waals surface area contributed by atoms with Crippen molar-refractivity contribution >= 4 is 27.7 Å². The molecule has 1 aromatic heterocycles. The molecule has 2 N–H and O–H groups in total. The Kier molecular flexibility index (Phi) is 6.49. The second kappa shape index (κ2) is 8.86. The average Bonchev–Trinajstić information content (AvgIpc) is 3.03. The van der Waals surface area contributed by atoms with Crippen molar-refractivity contribution in [2.75, 3.05) is 0 Å². The Balaban J connectivity index is 1.67. The van der Waals surface area contributed by atoms with Crippen molar-refractivity contribution in [3.63, 3.8) is 0 Å². The lowest BCUT2D eigenvalue weighted by atomic mass is 9.85. The predicted molar refractivity (Wildman–Crippen MR) is 110 cm³/mol. The van der Waals surface area contributed by atoms with Gasteiger partial charge in [-0.05, 0) is 58.2 Å². The molecule has 28 heavy (non-hydrogen) atoms. The normalized spacial score (nSPS) is 19.5. The van der Waals surface area contributed by atoms with E-state index < -0.39 is 0 Å². The van der Waals surface area contributed by atoms with Gasteiger partial charge in [-0.2, -0.15) is 0 Å². The molecule has 0 radical (unpaired) electrons. The Hall–Kier alpha value is -2.22. The maximum absolute atomic E-state index is 12.8. The van der Waals surface area contributed by atoms with E-state index in [1.54, 1.807) is 4.68 Å². The zero-order valence-corrected chi connectivity index (χ0v) is 18.0.